The van der Waals surface area contributed by atoms with Gasteiger partial charge in [0.05, 0.1) is 17.1 Å². The van der Waals surface area contributed by atoms with Gasteiger partial charge in [-0.15, -0.1) is 0 Å². The maximum Gasteiger partial charge on any atom is 0.258 e. The van der Waals surface area contributed by atoms with Crippen molar-refractivity contribution in [1.29, 1.82) is 5.26 Å². The molecule has 7 nitrogen and oxygen atoms in total. The molecule has 174 valence electrons. The average molecular weight is 471 g/mol. The fraction of sp³-hybridized carbons (Fsp3) is 0.0345. The highest BCUT2D eigenvalue weighted by atomic mass is 16.2. The summed E-state index contributed by atoms with van der Waals surface area (Å²) in [6, 6.07) is 28.2. The summed E-state index contributed by atoms with van der Waals surface area (Å²) in [7, 11) is 1.76. The summed E-state index contributed by atoms with van der Waals surface area (Å²) in [6.07, 6.45) is 5.18. The standard InChI is InChI=1S/C29H22N6O/c1-35(29(36)21-3-5-22(6-4-21)33-24-12-15-31-16-13-24)25-9-7-23(8-10-25)34-28-14-17-32-27-11-2-20(19-30)18-26(27)28/h2-18H,1H3,(H,31,33)(H,32,34). The lowest BCUT2D eigenvalue weighted by Crippen LogP contribution is -2.26. The first kappa shape index (κ1) is 22.6. The number of rotatable bonds is 6. The van der Waals surface area contributed by atoms with E-state index < -0.39 is 0 Å². The Morgan fingerprint density at radius 1 is 0.806 bits per heavy atom. The topological polar surface area (TPSA) is 93.9 Å². The molecule has 3 aromatic carbocycles. The third kappa shape index (κ3) is 4.83. The fourth-order valence-electron chi connectivity index (χ4n) is 3.86. The minimum atomic E-state index is -0.102. The molecule has 1 amide bonds. The van der Waals surface area contributed by atoms with Crippen molar-refractivity contribution in [3.05, 3.63) is 115 Å². The highest BCUT2D eigenvalue weighted by molar-refractivity contribution is 6.06. The number of carbonyl (C=O) groups is 1. The zero-order valence-electron chi connectivity index (χ0n) is 19.5. The van der Waals surface area contributed by atoms with Crippen LogP contribution in [0.5, 0.6) is 0 Å². The van der Waals surface area contributed by atoms with E-state index in [9.17, 15) is 10.1 Å². The number of carbonyl (C=O) groups excluding carboxylic acids is 1. The van der Waals surface area contributed by atoms with Gasteiger partial charge in [-0.3, -0.25) is 14.8 Å². The van der Waals surface area contributed by atoms with Gasteiger partial charge in [-0.25, -0.2) is 0 Å². The van der Waals surface area contributed by atoms with E-state index in [1.165, 1.54) is 0 Å². The molecule has 0 aliphatic heterocycles. The van der Waals surface area contributed by atoms with Crippen LogP contribution in [0.4, 0.5) is 28.4 Å². The quantitative estimate of drug-likeness (QED) is 0.304. The number of amides is 1. The number of pyridine rings is 2. The summed E-state index contributed by atoms with van der Waals surface area (Å²) < 4.78 is 0. The molecule has 2 heterocycles. The van der Waals surface area contributed by atoms with Crippen LogP contribution in [0.2, 0.25) is 0 Å². The normalized spacial score (nSPS) is 10.4. The van der Waals surface area contributed by atoms with E-state index in [2.05, 4.69) is 26.7 Å². The largest absolute Gasteiger partial charge is 0.355 e. The van der Waals surface area contributed by atoms with Crippen LogP contribution >= 0.6 is 0 Å². The molecular formula is C29H22N6O. The Bertz CT molecular complexity index is 1560. The number of aromatic nitrogens is 2. The summed E-state index contributed by atoms with van der Waals surface area (Å²) in [5.41, 5.74) is 6.29. The Kier molecular flexibility index (Phi) is 6.24. The highest BCUT2D eigenvalue weighted by Crippen LogP contribution is 2.27. The minimum absolute atomic E-state index is 0.102. The molecule has 0 aliphatic carbocycles. The lowest BCUT2D eigenvalue weighted by molar-refractivity contribution is 0.0993. The number of fused-ring (bicyclic) bond motifs is 1. The molecule has 0 unspecified atom stereocenters. The number of anilines is 5. The van der Waals surface area contributed by atoms with Crippen molar-refractivity contribution >= 4 is 45.2 Å². The second-order valence-corrected chi connectivity index (χ2v) is 8.18. The van der Waals surface area contributed by atoms with Crippen LogP contribution in [-0.4, -0.2) is 22.9 Å². The zero-order valence-corrected chi connectivity index (χ0v) is 19.5. The maximum atomic E-state index is 13.0. The molecule has 2 aromatic heterocycles. The molecule has 0 saturated carbocycles. The Balaban J connectivity index is 1.28. The molecule has 7 heteroatoms. The molecular weight excluding hydrogens is 448 g/mol. The molecule has 2 N–H and O–H groups in total. The van der Waals surface area contributed by atoms with Crippen LogP contribution in [0.3, 0.4) is 0 Å². The third-order valence-electron chi connectivity index (χ3n) is 5.81. The SMILES string of the molecule is CN(C(=O)c1ccc(Nc2ccncc2)cc1)c1ccc(Nc2ccnc3ccc(C#N)cc23)cc1. The molecule has 0 bridgehead atoms. The van der Waals surface area contributed by atoms with Crippen molar-refractivity contribution < 1.29 is 4.79 Å². The molecule has 0 spiro atoms. The number of nitrogens with one attached hydrogen (secondary N) is 2. The first-order valence-electron chi connectivity index (χ1n) is 11.3. The molecule has 0 radical (unpaired) electrons. The van der Waals surface area contributed by atoms with Gasteiger partial charge >= 0.3 is 0 Å². The Morgan fingerprint density at radius 3 is 2.19 bits per heavy atom. The first-order chi connectivity index (χ1) is 17.6. The fourth-order valence-corrected chi connectivity index (χ4v) is 3.86. The van der Waals surface area contributed by atoms with Crippen LogP contribution in [-0.2, 0) is 0 Å². The Labute approximate surface area is 208 Å². The second kappa shape index (κ2) is 9.95. The second-order valence-electron chi connectivity index (χ2n) is 8.18. The van der Waals surface area contributed by atoms with Crippen molar-refractivity contribution in [1.82, 2.24) is 9.97 Å². The van der Waals surface area contributed by atoms with Crippen LogP contribution in [0.25, 0.3) is 10.9 Å². The van der Waals surface area contributed by atoms with Crippen molar-refractivity contribution in [3.63, 3.8) is 0 Å². The van der Waals surface area contributed by atoms with Gasteiger partial charge in [0, 0.05) is 65.0 Å². The molecule has 36 heavy (non-hydrogen) atoms. The molecule has 0 fully saturated rings. The van der Waals surface area contributed by atoms with Crippen LogP contribution in [0.1, 0.15) is 15.9 Å². The van der Waals surface area contributed by atoms with Crippen LogP contribution in [0.15, 0.2) is 104 Å². The first-order valence-corrected chi connectivity index (χ1v) is 11.3. The average Bonchev–Trinajstić information content (AvgIpc) is 2.93. The van der Waals surface area contributed by atoms with Crippen LogP contribution < -0.4 is 15.5 Å². The monoisotopic (exact) mass is 470 g/mol. The molecule has 5 aromatic rings. The molecule has 0 saturated heterocycles. The third-order valence-corrected chi connectivity index (χ3v) is 5.81. The zero-order chi connectivity index (χ0) is 24.9. The van der Waals surface area contributed by atoms with Crippen LogP contribution in [0, 0.1) is 11.3 Å². The highest BCUT2D eigenvalue weighted by Gasteiger charge is 2.14. The lowest BCUT2D eigenvalue weighted by atomic mass is 10.1. The van der Waals surface area contributed by atoms with E-state index in [4.69, 9.17) is 0 Å². The molecule has 5 rings (SSSR count). The summed E-state index contributed by atoms with van der Waals surface area (Å²) in [5.74, 6) is -0.102. The van der Waals surface area contributed by atoms with Gasteiger partial charge in [-0.1, -0.05) is 0 Å². The van der Waals surface area contributed by atoms with E-state index in [-0.39, 0.29) is 5.91 Å². The number of benzene rings is 3. The maximum absolute atomic E-state index is 13.0. The number of hydrogen-bond donors (Lipinski definition) is 2. The van der Waals surface area contributed by atoms with E-state index in [0.29, 0.717) is 11.1 Å². The summed E-state index contributed by atoms with van der Waals surface area (Å²) in [6.45, 7) is 0. The predicted molar refractivity (Wildman–Crippen MR) is 143 cm³/mol. The van der Waals surface area contributed by atoms with Crippen molar-refractivity contribution in [3.8, 4) is 6.07 Å². The Morgan fingerprint density at radius 2 is 1.47 bits per heavy atom. The summed E-state index contributed by atoms with van der Waals surface area (Å²) in [4.78, 5) is 23.0. The van der Waals surface area contributed by atoms with Gasteiger partial charge in [0.2, 0.25) is 0 Å². The number of nitrogens with zero attached hydrogens (tertiary/aromatic N) is 4. The minimum Gasteiger partial charge on any atom is -0.355 e. The van der Waals surface area contributed by atoms with Gasteiger partial charge in [0.1, 0.15) is 0 Å². The summed E-state index contributed by atoms with van der Waals surface area (Å²) >= 11 is 0. The number of hydrogen-bond acceptors (Lipinski definition) is 6. The van der Waals surface area contributed by atoms with Gasteiger partial charge in [0.25, 0.3) is 5.91 Å². The van der Waals surface area contributed by atoms with E-state index >= 15 is 0 Å². The lowest BCUT2D eigenvalue weighted by Gasteiger charge is -2.18. The van der Waals surface area contributed by atoms with Gasteiger partial charge in [-0.05, 0) is 84.9 Å². The Hall–Kier alpha value is -5.22. The van der Waals surface area contributed by atoms with E-state index in [1.54, 1.807) is 36.6 Å². The molecule has 0 aliphatic rings. The van der Waals surface area contributed by atoms with Crippen molar-refractivity contribution in [2.45, 2.75) is 0 Å². The van der Waals surface area contributed by atoms with E-state index in [0.717, 1.165) is 39.3 Å². The number of nitriles is 1. The van der Waals surface area contributed by atoms with Crippen molar-refractivity contribution in [2.24, 2.45) is 0 Å². The van der Waals surface area contributed by atoms with Gasteiger partial charge in [-0.2, -0.15) is 5.26 Å². The van der Waals surface area contributed by atoms with Gasteiger partial charge in [0.15, 0.2) is 0 Å². The van der Waals surface area contributed by atoms with E-state index in [1.807, 2.05) is 78.9 Å². The predicted octanol–water partition coefficient (Wildman–Crippen LogP) is 6.27. The summed E-state index contributed by atoms with van der Waals surface area (Å²) in [5, 5.41) is 16.8. The van der Waals surface area contributed by atoms with Crippen molar-refractivity contribution in [2.75, 3.05) is 22.6 Å². The molecule has 0 atom stereocenters. The smallest absolute Gasteiger partial charge is 0.258 e. The van der Waals surface area contributed by atoms with Gasteiger partial charge < -0.3 is 15.5 Å².